The minimum absolute atomic E-state index is 0.0322. The topological polar surface area (TPSA) is 152 Å². The van der Waals surface area contributed by atoms with Crippen molar-refractivity contribution in [2.75, 3.05) is 12.0 Å². The van der Waals surface area contributed by atoms with E-state index >= 15 is 0 Å². The maximum Gasteiger partial charge on any atom is 0.271 e. The van der Waals surface area contributed by atoms with Gasteiger partial charge in [-0.05, 0) is 47.9 Å². The van der Waals surface area contributed by atoms with E-state index in [2.05, 4.69) is 24.1 Å². The van der Waals surface area contributed by atoms with E-state index in [-0.39, 0.29) is 38.4 Å². The molecule has 2 aliphatic carbocycles. The van der Waals surface area contributed by atoms with Crippen LogP contribution in [0.1, 0.15) is 63.4 Å². The molecule has 2 aromatic carbocycles. The van der Waals surface area contributed by atoms with Gasteiger partial charge in [-0.1, -0.05) is 38.1 Å². The molecule has 1 fully saturated rings. The molecule has 3 aliphatic rings. The molecule has 0 radical (unpaired) electrons. The largest absolute Gasteiger partial charge is 0.454 e. The first-order chi connectivity index (χ1) is 17.3. The van der Waals surface area contributed by atoms with Gasteiger partial charge in [-0.25, -0.2) is 8.42 Å². The van der Waals surface area contributed by atoms with Gasteiger partial charge in [0, 0.05) is 29.3 Å². The molecule has 10 heteroatoms. The molecule has 4 atom stereocenters. The number of rotatable bonds is 4. The van der Waals surface area contributed by atoms with Gasteiger partial charge in [0.2, 0.25) is 11.3 Å². The zero-order valence-corrected chi connectivity index (χ0v) is 21.6. The number of carbonyl (C=O) groups excluding carboxylic acids is 2. The maximum absolute atomic E-state index is 14.1. The van der Waals surface area contributed by atoms with Crippen LogP contribution in [0.2, 0.25) is 0 Å². The van der Waals surface area contributed by atoms with Gasteiger partial charge >= 0.3 is 0 Å². The summed E-state index contributed by atoms with van der Waals surface area (Å²) in [6, 6.07) is 10.1. The van der Waals surface area contributed by atoms with Gasteiger partial charge in [-0.15, -0.1) is 0 Å². The van der Waals surface area contributed by atoms with E-state index < -0.39 is 32.9 Å². The van der Waals surface area contributed by atoms with E-state index in [1.54, 1.807) is 24.3 Å². The number of sulfone groups is 1. The number of nitrogen functional groups attached to an aromatic ring is 1. The quantitative estimate of drug-likeness (QED) is 0.385. The molecule has 1 aliphatic heterocycles. The van der Waals surface area contributed by atoms with E-state index in [1.165, 1.54) is 13.1 Å². The Morgan fingerprint density at radius 3 is 2.57 bits per heavy atom. The lowest BCUT2D eigenvalue weighted by atomic mass is 9.81. The predicted molar refractivity (Wildman–Crippen MR) is 135 cm³/mol. The first-order valence-electron chi connectivity index (χ1n) is 12.0. The number of nitrogens with one attached hydrogen (secondary N) is 2. The molecular formula is C27H27N3O6S. The first kappa shape index (κ1) is 23.7. The number of anilines is 1. The molecule has 1 saturated carbocycles. The van der Waals surface area contributed by atoms with Gasteiger partial charge in [0.25, 0.3) is 11.7 Å². The van der Waals surface area contributed by atoms with Gasteiger partial charge < -0.3 is 25.9 Å². The third kappa shape index (κ3) is 2.85. The number of fused-ring (bicyclic) bond motifs is 5. The van der Waals surface area contributed by atoms with Crippen LogP contribution < -0.4 is 15.8 Å². The number of H-pyrrole nitrogens is 1. The Balaban J connectivity index is 1.53. The number of ether oxygens (including phenoxy) is 1. The summed E-state index contributed by atoms with van der Waals surface area (Å²) in [5.41, 5.74) is 5.93. The van der Waals surface area contributed by atoms with Crippen molar-refractivity contribution in [1.82, 2.24) is 10.3 Å². The van der Waals surface area contributed by atoms with Gasteiger partial charge in [-0.2, -0.15) is 0 Å². The monoisotopic (exact) mass is 521 g/mol. The second kappa shape index (κ2) is 7.02. The highest BCUT2D eigenvalue weighted by Crippen LogP contribution is 2.61. The highest BCUT2D eigenvalue weighted by Gasteiger charge is 2.72. The Hall–Kier alpha value is -3.63. The standard InChI is InChI=1S/C27H27N3O6S/c1-13-11-25(13,3)15-8-9-16-19(10-15)36-27(33)17-6-5-7-18(28)21(17)23(31)26(16,27)30-24(32)22-14(2)20(12-29-22)37(4,34)35/h5-10,12-13,29,33H,11,28H2,1-4H3,(H,30,32)/t13-,25?,26+,27+/m0/s1. The highest BCUT2D eigenvalue weighted by molar-refractivity contribution is 7.90. The summed E-state index contributed by atoms with van der Waals surface area (Å²) >= 11 is 0. The van der Waals surface area contributed by atoms with Crippen LogP contribution in [0.4, 0.5) is 5.69 Å². The SMILES string of the molecule is Cc1c(S(C)(=O)=O)c[nH]c1C(=O)N[C@]12C(=O)c3c(N)cccc3[C@@]1(O)Oc1cc(C3(C)C[C@@H]3C)ccc12. The number of carbonyl (C=O) groups is 2. The first-order valence-corrected chi connectivity index (χ1v) is 13.9. The molecule has 0 spiro atoms. The van der Waals surface area contributed by atoms with E-state index in [0.29, 0.717) is 17.2 Å². The van der Waals surface area contributed by atoms with E-state index in [1.807, 2.05) is 12.1 Å². The Labute approximate surface area is 213 Å². The van der Waals surface area contributed by atoms with Crippen molar-refractivity contribution in [1.29, 1.82) is 0 Å². The van der Waals surface area contributed by atoms with Crippen LogP contribution in [0.15, 0.2) is 47.5 Å². The van der Waals surface area contributed by atoms with Gasteiger partial charge in [-0.3, -0.25) is 9.59 Å². The molecular weight excluding hydrogens is 494 g/mol. The molecule has 0 bridgehead atoms. The highest BCUT2D eigenvalue weighted by atomic mass is 32.2. The minimum atomic E-state index is -3.60. The van der Waals surface area contributed by atoms with Gasteiger partial charge in [0.15, 0.2) is 9.84 Å². The Kier molecular flexibility index (Phi) is 4.51. The average Bonchev–Trinajstić information content (AvgIpc) is 3.09. The third-order valence-electron chi connectivity index (χ3n) is 8.52. The number of aromatic nitrogens is 1. The van der Waals surface area contributed by atoms with Crippen LogP contribution in [0.3, 0.4) is 0 Å². The number of benzene rings is 2. The lowest BCUT2D eigenvalue weighted by Gasteiger charge is -2.34. The summed E-state index contributed by atoms with van der Waals surface area (Å²) in [7, 11) is -3.60. The van der Waals surface area contributed by atoms with E-state index in [0.717, 1.165) is 18.2 Å². The van der Waals surface area contributed by atoms with Crippen LogP contribution in [-0.2, 0) is 26.6 Å². The predicted octanol–water partition coefficient (Wildman–Crippen LogP) is 2.67. The number of amides is 1. The Morgan fingerprint density at radius 2 is 1.95 bits per heavy atom. The lowest BCUT2D eigenvalue weighted by Crippen LogP contribution is -2.60. The molecule has 1 amide bonds. The summed E-state index contributed by atoms with van der Waals surface area (Å²) in [4.78, 5) is 30.4. The number of hydrogen-bond acceptors (Lipinski definition) is 7. The molecule has 3 aromatic rings. The molecule has 6 rings (SSSR count). The van der Waals surface area contributed by atoms with E-state index in [4.69, 9.17) is 10.5 Å². The molecule has 192 valence electrons. The molecule has 9 nitrogen and oxygen atoms in total. The fraction of sp³-hybridized carbons (Fsp3) is 0.333. The van der Waals surface area contributed by atoms with E-state index in [9.17, 15) is 23.1 Å². The number of hydrogen-bond donors (Lipinski definition) is 4. The van der Waals surface area contributed by atoms with Crippen LogP contribution in [-0.4, -0.2) is 36.5 Å². The van der Waals surface area contributed by atoms with Crippen molar-refractivity contribution in [3.63, 3.8) is 0 Å². The summed E-state index contributed by atoms with van der Waals surface area (Å²) in [5.74, 6) is -2.87. The number of nitrogens with two attached hydrogens (primary N) is 1. The van der Waals surface area contributed by atoms with Crippen LogP contribution in [0, 0.1) is 12.8 Å². The number of aromatic amines is 1. The van der Waals surface area contributed by atoms with Gasteiger partial charge in [0.05, 0.1) is 10.5 Å². The average molecular weight is 522 g/mol. The fourth-order valence-electron chi connectivity index (χ4n) is 6.04. The number of aliphatic hydroxyl groups is 1. The fourth-order valence-corrected chi connectivity index (χ4v) is 6.97. The molecule has 37 heavy (non-hydrogen) atoms. The zero-order chi connectivity index (χ0) is 26.7. The number of ketones is 1. The summed E-state index contributed by atoms with van der Waals surface area (Å²) < 4.78 is 30.4. The number of Topliss-reactive ketones (excluding diaryl/α,β-unsaturated/α-hetero) is 1. The zero-order valence-electron chi connectivity index (χ0n) is 20.8. The summed E-state index contributed by atoms with van der Waals surface area (Å²) in [6.45, 7) is 5.80. The van der Waals surface area contributed by atoms with Crippen LogP contribution in [0.5, 0.6) is 5.75 Å². The normalized spacial score (nSPS) is 29.3. The molecule has 1 unspecified atom stereocenters. The minimum Gasteiger partial charge on any atom is -0.454 e. The third-order valence-corrected chi connectivity index (χ3v) is 9.74. The molecule has 0 saturated heterocycles. The van der Waals surface area contributed by atoms with Crippen molar-refractivity contribution < 1.29 is 27.9 Å². The van der Waals surface area contributed by atoms with Crippen molar-refractivity contribution in [2.45, 2.75) is 48.8 Å². The smallest absolute Gasteiger partial charge is 0.271 e. The van der Waals surface area contributed by atoms with Crippen LogP contribution >= 0.6 is 0 Å². The van der Waals surface area contributed by atoms with Crippen molar-refractivity contribution in [2.24, 2.45) is 5.92 Å². The van der Waals surface area contributed by atoms with Gasteiger partial charge in [0.1, 0.15) is 11.4 Å². The molecule has 1 aromatic heterocycles. The second-order valence-electron chi connectivity index (χ2n) is 10.7. The van der Waals surface area contributed by atoms with Crippen molar-refractivity contribution in [3.8, 4) is 5.75 Å². The van der Waals surface area contributed by atoms with Crippen LogP contribution in [0.25, 0.3) is 0 Å². The Bertz CT molecular complexity index is 1660. The summed E-state index contributed by atoms with van der Waals surface area (Å²) in [5, 5.41) is 14.8. The molecule has 5 N–H and O–H groups in total. The summed E-state index contributed by atoms with van der Waals surface area (Å²) in [6.07, 6.45) is 3.28. The second-order valence-corrected chi connectivity index (χ2v) is 12.7. The maximum atomic E-state index is 14.1. The van der Waals surface area contributed by atoms with Crippen molar-refractivity contribution >= 4 is 27.2 Å². The lowest BCUT2D eigenvalue weighted by molar-refractivity contribution is -0.169. The van der Waals surface area contributed by atoms with Crippen molar-refractivity contribution in [3.05, 3.63) is 76.1 Å². The molecule has 2 heterocycles. The Morgan fingerprint density at radius 1 is 1.24 bits per heavy atom.